The number of carboxylic acid groups (broad SMARTS) is 1. The number of nitrogens with one attached hydrogen (secondary N) is 1. The molecule has 0 amide bonds. The minimum absolute atomic E-state index is 0.172. The molecule has 0 bridgehead atoms. The van der Waals surface area contributed by atoms with Crippen LogP contribution in [0.25, 0.3) is 10.9 Å². The monoisotopic (exact) mass is 203 g/mol. The van der Waals surface area contributed by atoms with Gasteiger partial charge in [0.1, 0.15) is 0 Å². The quantitative estimate of drug-likeness (QED) is 0.805. The van der Waals surface area contributed by atoms with Crippen LogP contribution in [-0.4, -0.2) is 16.1 Å². The van der Waals surface area contributed by atoms with Crippen molar-refractivity contribution in [2.24, 2.45) is 0 Å². The lowest BCUT2D eigenvalue weighted by molar-refractivity contribution is -0.136. The molecule has 0 aliphatic rings. The van der Waals surface area contributed by atoms with Gasteiger partial charge in [0, 0.05) is 11.2 Å². The summed E-state index contributed by atoms with van der Waals surface area (Å²) in [6.45, 7) is 2.04. The molecule has 0 aliphatic heterocycles. The van der Waals surface area contributed by atoms with E-state index in [1.807, 2.05) is 19.1 Å². The van der Waals surface area contributed by atoms with Crippen LogP contribution in [0.5, 0.6) is 0 Å². The van der Waals surface area contributed by atoms with E-state index in [2.05, 4.69) is 17.1 Å². The predicted octanol–water partition coefficient (Wildman–Crippen LogP) is 2.49. The van der Waals surface area contributed by atoms with Crippen molar-refractivity contribution in [3.05, 3.63) is 35.5 Å². The van der Waals surface area contributed by atoms with Gasteiger partial charge < -0.3 is 10.1 Å². The van der Waals surface area contributed by atoms with Gasteiger partial charge in [-0.1, -0.05) is 12.1 Å². The number of fused-ring (bicyclic) bond motifs is 1. The molecular formula is C12H13NO2. The summed E-state index contributed by atoms with van der Waals surface area (Å²) in [5.41, 5.74) is 3.27. The van der Waals surface area contributed by atoms with E-state index in [0.717, 1.165) is 16.6 Å². The normalized spacial score (nSPS) is 10.7. The fourth-order valence-electron chi connectivity index (χ4n) is 1.68. The van der Waals surface area contributed by atoms with Crippen molar-refractivity contribution < 1.29 is 9.90 Å². The Bertz CT molecular complexity index is 499. The van der Waals surface area contributed by atoms with Crippen molar-refractivity contribution in [3.8, 4) is 0 Å². The van der Waals surface area contributed by atoms with Crippen LogP contribution in [0.15, 0.2) is 24.3 Å². The molecule has 15 heavy (non-hydrogen) atoms. The number of hydrogen-bond acceptors (Lipinski definition) is 1. The van der Waals surface area contributed by atoms with Gasteiger partial charge in [0.15, 0.2) is 0 Å². The minimum atomic E-state index is -0.759. The fraction of sp³-hybridized carbons (Fsp3) is 0.250. The number of H-pyrrole nitrogens is 1. The number of aryl methyl sites for hydroxylation is 2. The van der Waals surface area contributed by atoms with Crippen molar-refractivity contribution in [3.63, 3.8) is 0 Å². The van der Waals surface area contributed by atoms with E-state index in [4.69, 9.17) is 5.11 Å². The van der Waals surface area contributed by atoms with Gasteiger partial charge in [0.2, 0.25) is 0 Å². The average molecular weight is 203 g/mol. The molecule has 0 atom stereocenters. The Labute approximate surface area is 87.7 Å². The van der Waals surface area contributed by atoms with Gasteiger partial charge in [0.05, 0.1) is 6.42 Å². The van der Waals surface area contributed by atoms with Crippen LogP contribution in [0.1, 0.15) is 17.7 Å². The SMILES string of the molecule is Cc1ccc2cc(CCC(=O)O)[nH]c2c1. The first kappa shape index (κ1) is 9.77. The lowest BCUT2D eigenvalue weighted by Crippen LogP contribution is -1.97. The van der Waals surface area contributed by atoms with E-state index in [9.17, 15) is 4.79 Å². The number of aromatic amines is 1. The first-order valence-corrected chi connectivity index (χ1v) is 4.95. The third-order valence-electron chi connectivity index (χ3n) is 2.44. The number of aromatic nitrogens is 1. The second-order valence-corrected chi connectivity index (χ2v) is 3.78. The molecule has 2 N–H and O–H groups in total. The number of benzene rings is 1. The van der Waals surface area contributed by atoms with Crippen LogP contribution in [0.4, 0.5) is 0 Å². The second-order valence-electron chi connectivity index (χ2n) is 3.78. The molecule has 0 fully saturated rings. The first-order valence-electron chi connectivity index (χ1n) is 4.95. The molecule has 0 saturated heterocycles. The molecule has 2 rings (SSSR count). The van der Waals surface area contributed by atoms with Gasteiger partial charge in [-0.2, -0.15) is 0 Å². The van der Waals surface area contributed by atoms with Crippen molar-refractivity contribution in [2.75, 3.05) is 0 Å². The Hall–Kier alpha value is -1.77. The molecule has 1 heterocycles. The summed E-state index contributed by atoms with van der Waals surface area (Å²) in [6, 6.07) is 8.18. The number of carbonyl (C=O) groups is 1. The summed E-state index contributed by atoms with van der Waals surface area (Å²) in [6.07, 6.45) is 0.731. The second kappa shape index (κ2) is 3.77. The van der Waals surface area contributed by atoms with E-state index >= 15 is 0 Å². The van der Waals surface area contributed by atoms with Crippen LogP contribution in [0.2, 0.25) is 0 Å². The molecule has 3 nitrogen and oxygen atoms in total. The zero-order valence-corrected chi connectivity index (χ0v) is 8.58. The summed E-state index contributed by atoms with van der Waals surface area (Å²) in [5.74, 6) is -0.759. The highest BCUT2D eigenvalue weighted by atomic mass is 16.4. The highest BCUT2D eigenvalue weighted by Gasteiger charge is 2.03. The Balaban J connectivity index is 2.27. The number of hydrogen-bond donors (Lipinski definition) is 2. The van der Waals surface area contributed by atoms with Gasteiger partial charge in [0.25, 0.3) is 0 Å². The average Bonchev–Trinajstić information content (AvgIpc) is 2.56. The molecule has 0 unspecified atom stereocenters. The van der Waals surface area contributed by atoms with Crippen molar-refractivity contribution in [1.82, 2.24) is 4.98 Å². The largest absolute Gasteiger partial charge is 0.481 e. The maximum atomic E-state index is 10.4. The summed E-state index contributed by atoms with van der Waals surface area (Å²) in [4.78, 5) is 13.7. The zero-order chi connectivity index (χ0) is 10.8. The number of rotatable bonds is 3. The summed E-state index contributed by atoms with van der Waals surface area (Å²) >= 11 is 0. The zero-order valence-electron chi connectivity index (χ0n) is 8.58. The fourth-order valence-corrected chi connectivity index (χ4v) is 1.68. The molecular weight excluding hydrogens is 190 g/mol. The van der Waals surface area contributed by atoms with Crippen LogP contribution in [0.3, 0.4) is 0 Å². The first-order chi connectivity index (χ1) is 7.15. The maximum absolute atomic E-state index is 10.4. The third-order valence-corrected chi connectivity index (χ3v) is 2.44. The third kappa shape index (κ3) is 2.18. The molecule has 78 valence electrons. The van der Waals surface area contributed by atoms with Gasteiger partial charge in [-0.05, 0) is 36.4 Å². The molecule has 0 saturated carbocycles. The summed E-state index contributed by atoms with van der Waals surface area (Å²) in [5, 5.41) is 9.72. The summed E-state index contributed by atoms with van der Waals surface area (Å²) < 4.78 is 0. The minimum Gasteiger partial charge on any atom is -0.481 e. The molecule has 2 aromatic rings. The van der Waals surface area contributed by atoms with Crippen LogP contribution >= 0.6 is 0 Å². The van der Waals surface area contributed by atoms with Crippen LogP contribution in [-0.2, 0) is 11.2 Å². The molecule has 1 aromatic heterocycles. The van der Waals surface area contributed by atoms with E-state index in [0.29, 0.717) is 6.42 Å². The Kier molecular flexibility index (Phi) is 2.46. The Morgan fingerprint density at radius 3 is 2.93 bits per heavy atom. The van der Waals surface area contributed by atoms with E-state index in [-0.39, 0.29) is 6.42 Å². The summed E-state index contributed by atoms with van der Waals surface area (Å²) in [7, 11) is 0. The number of carboxylic acids is 1. The predicted molar refractivity (Wildman–Crippen MR) is 59.0 cm³/mol. The smallest absolute Gasteiger partial charge is 0.303 e. The Morgan fingerprint density at radius 2 is 2.20 bits per heavy atom. The molecule has 0 aliphatic carbocycles. The van der Waals surface area contributed by atoms with Crippen molar-refractivity contribution in [2.45, 2.75) is 19.8 Å². The number of aliphatic carboxylic acids is 1. The molecule has 0 radical (unpaired) electrons. The van der Waals surface area contributed by atoms with E-state index in [1.54, 1.807) is 0 Å². The van der Waals surface area contributed by atoms with Crippen molar-refractivity contribution in [1.29, 1.82) is 0 Å². The standard InChI is InChI=1S/C12H13NO2/c1-8-2-3-9-7-10(4-5-12(14)15)13-11(9)6-8/h2-3,6-7,13H,4-5H2,1H3,(H,14,15). The van der Waals surface area contributed by atoms with Crippen molar-refractivity contribution >= 4 is 16.9 Å². The maximum Gasteiger partial charge on any atom is 0.303 e. The van der Waals surface area contributed by atoms with Crippen LogP contribution in [0, 0.1) is 6.92 Å². The molecule has 3 heteroatoms. The van der Waals surface area contributed by atoms with Gasteiger partial charge in [-0.25, -0.2) is 0 Å². The lowest BCUT2D eigenvalue weighted by atomic mass is 10.2. The van der Waals surface area contributed by atoms with Gasteiger partial charge in [-0.3, -0.25) is 4.79 Å². The topological polar surface area (TPSA) is 53.1 Å². The highest BCUT2D eigenvalue weighted by Crippen LogP contribution is 2.17. The lowest BCUT2D eigenvalue weighted by Gasteiger charge is -1.92. The Morgan fingerprint density at radius 1 is 1.40 bits per heavy atom. The van der Waals surface area contributed by atoms with Gasteiger partial charge in [-0.15, -0.1) is 0 Å². The van der Waals surface area contributed by atoms with Crippen LogP contribution < -0.4 is 0 Å². The van der Waals surface area contributed by atoms with E-state index in [1.165, 1.54) is 5.56 Å². The van der Waals surface area contributed by atoms with E-state index < -0.39 is 5.97 Å². The van der Waals surface area contributed by atoms with Gasteiger partial charge >= 0.3 is 5.97 Å². The highest BCUT2D eigenvalue weighted by molar-refractivity contribution is 5.81. The molecule has 0 spiro atoms. The molecule has 1 aromatic carbocycles.